The third-order valence-electron chi connectivity index (χ3n) is 5.96. The molecule has 3 aromatic carbocycles. The molecule has 0 unspecified atom stereocenters. The molecule has 2 heterocycles. The van der Waals surface area contributed by atoms with Crippen LogP contribution in [0.5, 0.6) is 0 Å². The molecule has 0 N–H and O–H groups in total. The molecule has 1 fully saturated rings. The van der Waals surface area contributed by atoms with Crippen LogP contribution < -0.4 is 4.90 Å². The number of halogens is 2. The summed E-state index contributed by atoms with van der Waals surface area (Å²) in [5.41, 5.74) is 4.83. The van der Waals surface area contributed by atoms with Gasteiger partial charge in [0.2, 0.25) is 5.91 Å². The number of amides is 1. The Morgan fingerprint density at radius 1 is 0.968 bits per heavy atom. The Labute approximate surface area is 191 Å². The zero-order chi connectivity index (χ0) is 21.5. The fraction of sp³-hybridized carbons (Fsp3) is 0.200. The number of nitrogens with zero attached hydrogens (tertiary/aromatic N) is 3. The maximum atomic E-state index is 13.0. The van der Waals surface area contributed by atoms with Crippen LogP contribution in [0.4, 0.5) is 5.69 Å². The van der Waals surface area contributed by atoms with Crippen molar-refractivity contribution < 1.29 is 4.79 Å². The van der Waals surface area contributed by atoms with Gasteiger partial charge in [0.05, 0.1) is 17.6 Å². The van der Waals surface area contributed by atoms with Crippen LogP contribution in [0.1, 0.15) is 29.3 Å². The number of imidazole rings is 1. The Kier molecular flexibility index (Phi) is 5.20. The normalized spacial score (nSPS) is 16.4. The van der Waals surface area contributed by atoms with E-state index in [0.717, 1.165) is 33.7 Å². The maximum absolute atomic E-state index is 13.0. The average molecular weight is 450 g/mol. The van der Waals surface area contributed by atoms with Gasteiger partial charge in [-0.3, -0.25) is 4.79 Å². The van der Waals surface area contributed by atoms with Gasteiger partial charge in [-0.05, 0) is 42.8 Å². The van der Waals surface area contributed by atoms with E-state index in [-0.39, 0.29) is 11.8 Å². The van der Waals surface area contributed by atoms with E-state index < -0.39 is 0 Å². The monoisotopic (exact) mass is 449 g/mol. The lowest BCUT2D eigenvalue weighted by atomic mass is 10.1. The fourth-order valence-electron chi connectivity index (χ4n) is 4.39. The van der Waals surface area contributed by atoms with Crippen molar-refractivity contribution in [2.24, 2.45) is 0 Å². The van der Waals surface area contributed by atoms with Gasteiger partial charge < -0.3 is 9.47 Å². The Morgan fingerprint density at radius 2 is 1.68 bits per heavy atom. The van der Waals surface area contributed by atoms with Crippen LogP contribution in [0.3, 0.4) is 0 Å². The van der Waals surface area contributed by atoms with Gasteiger partial charge in [-0.1, -0.05) is 59.6 Å². The van der Waals surface area contributed by atoms with Crippen LogP contribution in [-0.2, 0) is 11.3 Å². The van der Waals surface area contributed by atoms with Gasteiger partial charge in [-0.15, -0.1) is 0 Å². The topological polar surface area (TPSA) is 38.1 Å². The molecule has 6 heteroatoms. The Morgan fingerprint density at radius 3 is 2.45 bits per heavy atom. The molecule has 156 valence electrons. The standard InChI is InChI=1S/C25H21Cl2N3O/c1-16-7-2-4-11-22(16)29-14-17(13-24(29)31)25-28-21-10-3-5-12-23(21)30(25)15-18-19(26)8-6-9-20(18)27/h2-12,17H,13-15H2,1H3/t17-/m0/s1. The molecule has 1 aliphatic heterocycles. The molecule has 1 saturated heterocycles. The van der Waals surface area contributed by atoms with Crippen molar-refractivity contribution in [2.75, 3.05) is 11.4 Å². The van der Waals surface area contributed by atoms with Crippen LogP contribution in [0.15, 0.2) is 66.7 Å². The summed E-state index contributed by atoms with van der Waals surface area (Å²) in [7, 11) is 0. The SMILES string of the molecule is Cc1ccccc1N1C[C@@H](c2nc3ccccc3n2Cc2c(Cl)cccc2Cl)CC1=O. The van der Waals surface area contributed by atoms with Gasteiger partial charge in [0.25, 0.3) is 0 Å². The highest BCUT2D eigenvalue weighted by molar-refractivity contribution is 6.36. The summed E-state index contributed by atoms with van der Waals surface area (Å²) < 4.78 is 2.15. The largest absolute Gasteiger partial charge is 0.323 e. The minimum Gasteiger partial charge on any atom is -0.323 e. The quantitative estimate of drug-likeness (QED) is 0.370. The second-order valence-corrected chi connectivity index (χ2v) is 8.75. The molecule has 0 saturated carbocycles. The van der Waals surface area contributed by atoms with Crippen LogP contribution in [0, 0.1) is 6.92 Å². The lowest BCUT2D eigenvalue weighted by Gasteiger charge is -2.19. The first-order chi connectivity index (χ1) is 15.0. The summed E-state index contributed by atoms with van der Waals surface area (Å²) >= 11 is 12.9. The lowest BCUT2D eigenvalue weighted by molar-refractivity contribution is -0.117. The number of fused-ring (bicyclic) bond motifs is 1. The maximum Gasteiger partial charge on any atom is 0.227 e. The van der Waals surface area contributed by atoms with E-state index in [2.05, 4.69) is 4.57 Å². The Balaban J connectivity index is 1.57. The van der Waals surface area contributed by atoms with Crippen LogP contribution in [0.2, 0.25) is 10.0 Å². The number of anilines is 1. The Bertz CT molecular complexity index is 1280. The summed E-state index contributed by atoms with van der Waals surface area (Å²) in [5, 5.41) is 1.25. The second-order valence-electron chi connectivity index (χ2n) is 7.94. The van der Waals surface area contributed by atoms with Gasteiger partial charge in [-0.25, -0.2) is 4.98 Å². The van der Waals surface area contributed by atoms with Gasteiger partial charge in [0.15, 0.2) is 0 Å². The molecule has 0 spiro atoms. The summed E-state index contributed by atoms with van der Waals surface area (Å²) in [4.78, 5) is 19.8. The van der Waals surface area contributed by atoms with Crippen molar-refractivity contribution in [2.45, 2.75) is 25.8 Å². The molecular weight excluding hydrogens is 429 g/mol. The minimum atomic E-state index is -0.0132. The number of hydrogen-bond acceptors (Lipinski definition) is 2. The molecule has 1 atom stereocenters. The summed E-state index contributed by atoms with van der Waals surface area (Å²) in [6.45, 7) is 3.14. The lowest BCUT2D eigenvalue weighted by Crippen LogP contribution is -2.25. The molecule has 4 aromatic rings. The van der Waals surface area contributed by atoms with E-state index in [1.807, 2.05) is 78.6 Å². The highest BCUT2D eigenvalue weighted by Gasteiger charge is 2.35. The zero-order valence-electron chi connectivity index (χ0n) is 17.1. The average Bonchev–Trinajstić information content (AvgIpc) is 3.32. The van der Waals surface area contributed by atoms with Crippen molar-refractivity contribution in [3.8, 4) is 0 Å². The molecule has 0 bridgehead atoms. The van der Waals surface area contributed by atoms with Gasteiger partial charge >= 0.3 is 0 Å². The van der Waals surface area contributed by atoms with Crippen LogP contribution >= 0.6 is 23.2 Å². The molecule has 5 rings (SSSR count). The van der Waals surface area contributed by atoms with E-state index in [1.165, 1.54) is 0 Å². The third kappa shape index (κ3) is 3.60. The Hall–Kier alpha value is -2.82. The van der Waals surface area contributed by atoms with Crippen LogP contribution in [-0.4, -0.2) is 22.0 Å². The van der Waals surface area contributed by atoms with Gasteiger partial charge in [0.1, 0.15) is 5.82 Å². The smallest absolute Gasteiger partial charge is 0.227 e. The predicted octanol–water partition coefficient (Wildman–Crippen LogP) is 6.22. The third-order valence-corrected chi connectivity index (χ3v) is 6.67. The number of carbonyl (C=O) groups is 1. The number of aryl methyl sites for hydroxylation is 1. The van der Waals surface area contributed by atoms with E-state index in [9.17, 15) is 4.79 Å². The zero-order valence-corrected chi connectivity index (χ0v) is 18.6. The van der Waals surface area contributed by atoms with Gasteiger partial charge in [-0.2, -0.15) is 0 Å². The van der Waals surface area contributed by atoms with Crippen molar-refractivity contribution in [3.63, 3.8) is 0 Å². The van der Waals surface area contributed by atoms with E-state index >= 15 is 0 Å². The number of carbonyl (C=O) groups excluding carboxylic acids is 1. The van der Waals surface area contributed by atoms with Crippen molar-refractivity contribution in [3.05, 3.63) is 93.7 Å². The number of hydrogen-bond donors (Lipinski definition) is 0. The molecule has 1 amide bonds. The first kappa shape index (κ1) is 20.1. The highest BCUT2D eigenvalue weighted by Crippen LogP contribution is 2.35. The number of rotatable bonds is 4. The highest BCUT2D eigenvalue weighted by atomic mass is 35.5. The van der Waals surface area contributed by atoms with Gasteiger partial charge in [0, 0.05) is 40.2 Å². The first-order valence-corrected chi connectivity index (χ1v) is 11.0. The predicted molar refractivity (Wildman–Crippen MR) is 126 cm³/mol. The molecule has 1 aromatic heterocycles. The number of para-hydroxylation sites is 3. The molecule has 1 aliphatic rings. The minimum absolute atomic E-state index is 0.0132. The second kappa shape index (κ2) is 8.03. The van der Waals surface area contributed by atoms with E-state index in [0.29, 0.717) is 29.6 Å². The van der Waals surface area contributed by atoms with Crippen molar-refractivity contribution >= 4 is 45.8 Å². The number of benzene rings is 3. The summed E-state index contributed by atoms with van der Waals surface area (Å²) in [6.07, 6.45) is 0.425. The molecular formula is C25H21Cl2N3O. The van der Waals surface area contributed by atoms with Crippen molar-refractivity contribution in [1.29, 1.82) is 0 Å². The molecule has 31 heavy (non-hydrogen) atoms. The fourth-order valence-corrected chi connectivity index (χ4v) is 4.91. The molecule has 0 radical (unpaired) electrons. The van der Waals surface area contributed by atoms with Crippen LogP contribution in [0.25, 0.3) is 11.0 Å². The molecule has 0 aliphatic carbocycles. The van der Waals surface area contributed by atoms with Crippen molar-refractivity contribution in [1.82, 2.24) is 9.55 Å². The molecule has 4 nitrogen and oxygen atoms in total. The van der Waals surface area contributed by atoms with E-state index in [4.69, 9.17) is 28.2 Å². The summed E-state index contributed by atoms with van der Waals surface area (Å²) in [6, 6.07) is 21.6. The van der Waals surface area contributed by atoms with E-state index in [1.54, 1.807) is 0 Å². The first-order valence-electron chi connectivity index (χ1n) is 10.3. The summed E-state index contributed by atoms with van der Waals surface area (Å²) in [5.74, 6) is 0.996. The number of aromatic nitrogens is 2.